The summed E-state index contributed by atoms with van der Waals surface area (Å²) in [7, 11) is 0. The zero-order valence-corrected chi connectivity index (χ0v) is 14.9. The third kappa shape index (κ3) is 6.29. The predicted molar refractivity (Wildman–Crippen MR) is 94.5 cm³/mol. The van der Waals surface area contributed by atoms with Crippen molar-refractivity contribution in [3.63, 3.8) is 0 Å². The second-order valence-electron chi connectivity index (χ2n) is 5.84. The number of benzene rings is 1. The van der Waals surface area contributed by atoms with Gasteiger partial charge in [0.25, 0.3) is 0 Å². The SMILES string of the molecule is C=C(C)CCC/C=N\C(N)=C(/CC)OC(C)c1c(F)ccc(F)c1F. The van der Waals surface area contributed by atoms with E-state index in [9.17, 15) is 13.2 Å². The maximum Gasteiger partial charge on any atom is 0.168 e. The molecule has 0 aliphatic carbocycles. The summed E-state index contributed by atoms with van der Waals surface area (Å²) >= 11 is 0. The van der Waals surface area contributed by atoms with Gasteiger partial charge in [-0.3, -0.25) is 0 Å². The van der Waals surface area contributed by atoms with Crippen molar-refractivity contribution in [2.75, 3.05) is 0 Å². The van der Waals surface area contributed by atoms with Gasteiger partial charge in [0.15, 0.2) is 17.5 Å². The maximum atomic E-state index is 13.8. The number of nitrogens with zero attached hydrogens (tertiary/aromatic N) is 1. The Balaban J connectivity index is 2.85. The third-order valence-electron chi connectivity index (χ3n) is 3.58. The summed E-state index contributed by atoms with van der Waals surface area (Å²) < 4.78 is 46.5. The second kappa shape index (κ2) is 9.91. The van der Waals surface area contributed by atoms with Gasteiger partial charge in [-0.25, -0.2) is 18.2 Å². The normalized spacial score (nSPS) is 13.7. The van der Waals surface area contributed by atoms with Crippen molar-refractivity contribution in [2.45, 2.75) is 52.6 Å². The van der Waals surface area contributed by atoms with Gasteiger partial charge in [0, 0.05) is 12.6 Å². The van der Waals surface area contributed by atoms with Crippen LogP contribution in [0.1, 0.15) is 58.1 Å². The zero-order chi connectivity index (χ0) is 19.0. The Morgan fingerprint density at radius 1 is 1.32 bits per heavy atom. The fourth-order valence-corrected chi connectivity index (χ4v) is 2.24. The van der Waals surface area contributed by atoms with Crippen LogP contribution >= 0.6 is 0 Å². The standard InChI is InChI=1S/C19H25F3N2O/c1-5-16(19(23)24-11-7-6-8-12(2)3)25-13(4)17-14(20)9-10-15(21)18(17)22/h9-11,13H,2,5-8,23H2,1,3-4H3/b19-16+,24-11-. The Bertz CT molecular complexity index is 669. The van der Waals surface area contributed by atoms with Crippen LogP contribution in [-0.4, -0.2) is 6.21 Å². The molecule has 0 bridgehead atoms. The van der Waals surface area contributed by atoms with Crippen molar-refractivity contribution in [2.24, 2.45) is 10.7 Å². The highest BCUT2D eigenvalue weighted by Crippen LogP contribution is 2.28. The highest BCUT2D eigenvalue weighted by molar-refractivity contribution is 5.58. The van der Waals surface area contributed by atoms with Crippen LogP contribution in [0.15, 0.2) is 40.9 Å². The van der Waals surface area contributed by atoms with E-state index < -0.39 is 29.1 Å². The molecule has 25 heavy (non-hydrogen) atoms. The van der Waals surface area contributed by atoms with E-state index in [0.29, 0.717) is 12.2 Å². The van der Waals surface area contributed by atoms with Crippen LogP contribution in [0.4, 0.5) is 13.2 Å². The highest BCUT2D eigenvalue weighted by atomic mass is 19.2. The summed E-state index contributed by atoms with van der Waals surface area (Å²) in [5, 5.41) is 0. The van der Waals surface area contributed by atoms with Gasteiger partial charge >= 0.3 is 0 Å². The number of aliphatic imine (C=N–C) groups is 1. The first-order valence-electron chi connectivity index (χ1n) is 8.23. The smallest absolute Gasteiger partial charge is 0.168 e. The topological polar surface area (TPSA) is 47.6 Å². The maximum absolute atomic E-state index is 13.8. The molecule has 0 radical (unpaired) electrons. The molecule has 6 heteroatoms. The largest absolute Gasteiger partial charge is 0.486 e. The van der Waals surface area contributed by atoms with Gasteiger partial charge in [-0.1, -0.05) is 12.5 Å². The highest BCUT2D eigenvalue weighted by Gasteiger charge is 2.22. The Morgan fingerprint density at radius 3 is 2.56 bits per heavy atom. The van der Waals surface area contributed by atoms with Crippen molar-refractivity contribution >= 4 is 6.21 Å². The molecule has 138 valence electrons. The lowest BCUT2D eigenvalue weighted by Crippen LogP contribution is -2.10. The minimum absolute atomic E-state index is 0.141. The van der Waals surface area contributed by atoms with Crippen molar-refractivity contribution in [1.29, 1.82) is 0 Å². The van der Waals surface area contributed by atoms with E-state index in [1.807, 2.05) is 6.92 Å². The van der Waals surface area contributed by atoms with E-state index in [0.717, 1.165) is 37.0 Å². The minimum Gasteiger partial charge on any atom is -0.486 e. The van der Waals surface area contributed by atoms with E-state index in [2.05, 4.69) is 11.6 Å². The minimum atomic E-state index is -1.26. The molecule has 1 unspecified atom stereocenters. The Labute approximate surface area is 147 Å². The number of rotatable bonds is 9. The zero-order valence-electron chi connectivity index (χ0n) is 14.9. The number of hydrogen-bond acceptors (Lipinski definition) is 3. The van der Waals surface area contributed by atoms with Gasteiger partial charge < -0.3 is 10.5 Å². The molecule has 0 aliphatic rings. The number of unbranched alkanes of at least 4 members (excludes halogenated alkanes) is 1. The summed E-state index contributed by atoms with van der Waals surface area (Å²) in [4.78, 5) is 4.12. The first-order chi connectivity index (χ1) is 11.8. The average Bonchev–Trinajstić information content (AvgIpc) is 2.55. The number of nitrogens with two attached hydrogens (primary N) is 1. The molecule has 2 N–H and O–H groups in total. The van der Waals surface area contributed by atoms with Crippen LogP contribution in [0.2, 0.25) is 0 Å². The molecule has 1 aromatic rings. The fraction of sp³-hybridized carbons (Fsp3) is 0.421. The van der Waals surface area contributed by atoms with Crippen LogP contribution in [0.5, 0.6) is 0 Å². The molecule has 3 nitrogen and oxygen atoms in total. The summed E-state index contributed by atoms with van der Waals surface area (Å²) in [6, 6.07) is 1.60. The molecule has 0 aliphatic heterocycles. The van der Waals surface area contributed by atoms with Gasteiger partial charge in [-0.15, -0.1) is 6.58 Å². The molecule has 0 saturated heterocycles. The number of halogens is 3. The first-order valence-corrected chi connectivity index (χ1v) is 8.23. The van der Waals surface area contributed by atoms with Crippen molar-refractivity contribution in [3.8, 4) is 0 Å². The Hall–Kier alpha value is -2.24. The molecule has 1 atom stereocenters. The molecule has 0 aromatic heterocycles. The molecule has 1 aromatic carbocycles. The van der Waals surface area contributed by atoms with Crippen LogP contribution in [-0.2, 0) is 4.74 Å². The Morgan fingerprint density at radius 2 is 1.96 bits per heavy atom. The first kappa shape index (κ1) is 20.8. The quantitative estimate of drug-likeness (QED) is 0.208. The molecule has 0 fully saturated rings. The average molecular weight is 354 g/mol. The molecular weight excluding hydrogens is 329 g/mol. The van der Waals surface area contributed by atoms with Gasteiger partial charge in [0.1, 0.15) is 17.7 Å². The number of allylic oxidation sites excluding steroid dienone is 2. The summed E-state index contributed by atoms with van der Waals surface area (Å²) in [5.74, 6) is -2.82. The third-order valence-corrected chi connectivity index (χ3v) is 3.58. The van der Waals surface area contributed by atoms with Gasteiger partial charge in [0.05, 0.1) is 5.56 Å². The van der Waals surface area contributed by atoms with Gasteiger partial charge in [0.2, 0.25) is 0 Å². The molecule has 0 saturated carbocycles. The van der Waals surface area contributed by atoms with Crippen LogP contribution in [0.25, 0.3) is 0 Å². The lowest BCUT2D eigenvalue weighted by atomic mass is 10.1. The van der Waals surface area contributed by atoms with E-state index >= 15 is 0 Å². The molecule has 0 spiro atoms. The predicted octanol–water partition coefficient (Wildman–Crippen LogP) is 5.54. The monoisotopic (exact) mass is 354 g/mol. The fourth-order valence-electron chi connectivity index (χ4n) is 2.24. The Kier molecular flexibility index (Phi) is 8.25. The van der Waals surface area contributed by atoms with E-state index in [1.165, 1.54) is 6.92 Å². The molecule has 0 amide bonds. The van der Waals surface area contributed by atoms with Crippen LogP contribution < -0.4 is 5.73 Å². The van der Waals surface area contributed by atoms with Crippen molar-refractivity contribution in [1.82, 2.24) is 0 Å². The number of ether oxygens (including phenoxy) is 1. The molecule has 1 rings (SSSR count). The lowest BCUT2D eigenvalue weighted by Gasteiger charge is -2.19. The van der Waals surface area contributed by atoms with Crippen molar-refractivity contribution < 1.29 is 17.9 Å². The van der Waals surface area contributed by atoms with E-state index in [4.69, 9.17) is 10.5 Å². The molecule has 0 heterocycles. The van der Waals surface area contributed by atoms with Crippen LogP contribution in [0, 0.1) is 17.5 Å². The number of hydrogen-bond donors (Lipinski definition) is 1. The summed E-state index contributed by atoms with van der Waals surface area (Å²) in [6.45, 7) is 9.00. The second-order valence-corrected chi connectivity index (χ2v) is 5.84. The molecular formula is C19H25F3N2O. The van der Waals surface area contributed by atoms with Crippen molar-refractivity contribution in [3.05, 3.63) is 58.9 Å². The lowest BCUT2D eigenvalue weighted by molar-refractivity contribution is 0.116. The van der Waals surface area contributed by atoms with E-state index in [1.54, 1.807) is 13.1 Å². The summed E-state index contributed by atoms with van der Waals surface area (Å²) in [5.41, 5.74) is 6.51. The van der Waals surface area contributed by atoms with Gasteiger partial charge in [-0.2, -0.15) is 0 Å². The summed E-state index contributed by atoms with van der Waals surface area (Å²) in [6.07, 6.45) is 3.56. The van der Waals surface area contributed by atoms with Crippen LogP contribution in [0.3, 0.4) is 0 Å². The van der Waals surface area contributed by atoms with E-state index in [-0.39, 0.29) is 5.82 Å². The van der Waals surface area contributed by atoms with Gasteiger partial charge in [-0.05, 0) is 45.2 Å².